The van der Waals surface area contributed by atoms with Gasteiger partial charge in [0.2, 0.25) is 5.91 Å². The van der Waals surface area contributed by atoms with Crippen LogP contribution in [0.1, 0.15) is 29.5 Å². The number of benzene rings is 2. The molecule has 1 aliphatic rings. The molecule has 2 aromatic carbocycles. The molecular weight excluding hydrogens is 404 g/mol. The monoisotopic (exact) mass is 432 g/mol. The highest BCUT2D eigenvalue weighted by Crippen LogP contribution is 2.34. The smallest absolute Gasteiger partial charge is 0.227 e. The summed E-state index contributed by atoms with van der Waals surface area (Å²) in [7, 11) is 0. The van der Waals surface area contributed by atoms with Gasteiger partial charge in [0.1, 0.15) is 5.03 Å². The van der Waals surface area contributed by atoms with Crippen LogP contribution in [0.15, 0.2) is 64.8 Å². The molecule has 6 heteroatoms. The maximum atomic E-state index is 12.8. The van der Waals surface area contributed by atoms with Gasteiger partial charge in [-0.3, -0.25) is 4.79 Å². The Morgan fingerprint density at radius 3 is 2.39 bits per heavy atom. The third-order valence-electron chi connectivity index (χ3n) is 5.51. The van der Waals surface area contributed by atoms with Crippen molar-refractivity contribution in [2.24, 2.45) is 5.92 Å². The number of rotatable bonds is 5. The Hall–Kier alpha value is -2.86. The molecule has 4 rings (SSSR count). The van der Waals surface area contributed by atoms with Crippen LogP contribution in [0.4, 0.5) is 11.5 Å². The fraction of sp³-hybridized carbons (Fsp3) is 0.320. The number of amides is 1. The minimum Gasteiger partial charge on any atom is -0.354 e. The van der Waals surface area contributed by atoms with Gasteiger partial charge in [-0.1, -0.05) is 35.5 Å². The van der Waals surface area contributed by atoms with Gasteiger partial charge in [-0.15, -0.1) is 0 Å². The van der Waals surface area contributed by atoms with Gasteiger partial charge in [0, 0.05) is 42.0 Å². The molecule has 0 radical (unpaired) electrons. The topological polar surface area (TPSA) is 58.1 Å². The molecule has 1 fully saturated rings. The molecule has 0 atom stereocenters. The summed E-state index contributed by atoms with van der Waals surface area (Å²) in [6.07, 6.45) is 5.10. The van der Waals surface area contributed by atoms with E-state index in [1.54, 1.807) is 24.2 Å². The lowest BCUT2D eigenvalue weighted by Gasteiger charge is -2.32. The van der Waals surface area contributed by atoms with Gasteiger partial charge in [-0.05, 0) is 69.0 Å². The first kappa shape index (κ1) is 21.4. The maximum Gasteiger partial charge on any atom is 0.227 e. The largest absolute Gasteiger partial charge is 0.354 e. The van der Waals surface area contributed by atoms with Crippen LogP contribution in [-0.4, -0.2) is 29.0 Å². The lowest BCUT2D eigenvalue weighted by atomic mass is 9.95. The molecule has 0 bridgehead atoms. The van der Waals surface area contributed by atoms with Gasteiger partial charge in [0.25, 0.3) is 0 Å². The van der Waals surface area contributed by atoms with E-state index in [1.807, 2.05) is 26.0 Å². The van der Waals surface area contributed by atoms with Crippen molar-refractivity contribution in [1.82, 2.24) is 9.97 Å². The summed E-state index contributed by atoms with van der Waals surface area (Å²) in [4.78, 5) is 25.4. The summed E-state index contributed by atoms with van der Waals surface area (Å²) in [5.74, 6) is 1.03. The summed E-state index contributed by atoms with van der Waals surface area (Å²) < 4.78 is 0. The van der Waals surface area contributed by atoms with Crippen molar-refractivity contribution in [2.45, 2.75) is 43.5 Å². The average molecular weight is 433 g/mol. The van der Waals surface area contributed by atoms with Crippen LogP contribution in [0.2, 0.25) is 0 Å². The number of hydrogen-bond donors (Lipinski definition) is 1. The molecule has 0 unspecified atom stereocenters. The summed E-state index contributed by atoms with van der Waals surface area (Å²) in [6, 6.07) is 14.6. The minimum atomic E-state index is 0.0154. The molecule has 0 saturated carbocycles. The molecule has 5 nitrogen and oxygen atoms in total. The van der Waals surface area contributed by atoms with E-state index in [-0.39, 0.29) is 11.8 Å². The number of carbonyl (C=O) groups is 1. The molecule has 1 amide bonds. The maximum absolute atomic E-state index is 12.8. The van der Waals surface area contributed by atoms with E-state index in [1.165, 1.54) is 5.56 Å². The Balaban J connectivity index is 1.40. The average Bonchev–Trinajstić information content (AvgIpc) is 2.73. The predicted molar refractivity (Wildman–Crippen MR) is 127 cm³/mol. The lowest BCUT2D eigenvalue weighted by Crippen LogP contribution is -2.38. The molecule has 3 aromatic rings. The quantitative estimate of drug-likeness (QED) is 0.584. The molecule has 31 heavy (non-hydrogen) atoms. The van der Waals surface area contributed by atoms with Crippen molar-refractivity contribution in [3.05, 3.63) is 71.5 Å². The Morgan fingerprint density at radius 1 is 0.968 bits per heavy atom. The molecule has 1 saturated heterocycles. The molecule has 1 N–H and O–H groups in total. The Morgan fingerprint density at radius 2 is 1.68 bits per heavy atom. The van der Waals surface area contributed by atoms with Gasteiger partial charge in [-0.2, -0.15) is 0 Å². The number of piperidine rings is 1. The number of aryl methyl sites for hydroxylation is 3. The first-order chi connectivity index (χ1) is 15.0. The Bertz CT molecular complexity index is 1060. The fourth-order valence-electron chi connectivity index (χ4n) is 4.04. The van der Waals surface area contributed by atoms with Gasteiger partial charge < -0.3 is 10.2 Å². The summed E-state index contributed by atoms with van der Waals surface area (Å²) >= 11 is 1.64. The van der Waals surface area contributed by atoms with Crippen LogP contribution in [-0.2, 0) is 4.79 Å². The highest BCUT2D eigenvalue weighted by atomic mass is 32.2. The number of aromatic nitrogens is 2. The van der Waals surface area contributed by atoms with E-state index >= 15 is 0 Å². The van der Waals surface area contributed by atoms with Crippen molar-refractivity contribution >= 4 is 29.2 Å². The zero-order valence-electron chi connectivity index (χ0n) is 18.3. The molecule has 2 heterocycles. The number of nitrogens with zero attached hydrogens (tertiary/aromatic N) is 3. The van der Waals surface area contributed by atoms with E-state index in [0.29, 0.717) is 0 Å². The normalized spacial score (nSPS) is 14.5. The van der Waals surface area contributed by atoms with Crippen molar-refractivity contribution < 1.29 is 4.79 Å². The second-order valence-corrected chi connectivity index (χ2v) is 9.29. The van der Waals surface area contributed by atoms with Crippen molar-refractivity contribution in [2.75, 3.05) is 23.3 Å². The molecule has 160 valence electrons. The highest BCUT2D eigenvalue weighted by Gasteiger charge is 2.27. The first-order valence-electron chi connectivity index (χ1n) is 10.7. The van der Waals surface area contributed by atoms with Crippen LogP contribution < -0.4 is 10.2 Å². The van der Waals surface area contributed by atoms with Gasteiger partial charge in [-0.25, -0.2) is 9.97 Å². The highest BCUT2D eigenvalue weighted by molar-refractivity contribution is 7.99. The Labute approximate surface area is 188 Å². The van der Waals surface area contributed by atoms with Crippen LogP contribution in [0.25, 0.3) is 0 Å². The molecule has 0 aliphatic carbocycles. The molecule has 1 aromatic heterocycles. The first-order valence-corrected chi connectivity index (χ1v) is 11.5. The third kappa shape index (κ3) is 5.44. The standard InChI is InChI=1S/C25H28N4OS/c1-17-5-4-6-22(16-17)31-25-23(26-9-10-27-25)29-11-7-20(8-12-29)24(30)28-21-14-18(2)13-19(3)15-21/h4-6,9-10,13-16,20H,7-8,11-12H2,1-3H3,(H,28,30). The van der Waals surface area contributed by atoms with Gasteiger partial charge in [0.05, 0.1) is 0 Å². The van der Waals surface area contributed by atoms with E-state index < -0.39 is 0 Å². The predicted octanol–water partition coefficient (Wildman–Crippen LogP) is 5.41. The molecular formula is C25H28N4OS. The van der Waals surface area contributed by atoms with Crippen LogP contribution in [0.5, 0.6) is 0 Å². The van der Waals surface area contributed by atoms with Crippen molar-refractivity contribution in [3.63, 3.8) is 0 Å². The number of hydrogen-bond acceptors (Lipinski definition) is 5. The second-order valence-electron chi connectivity index (χ2n) is 8.23. The van der Waals surface area contributed by atoms with Crippen LogP contribution in [0.3, 0.4) is 0 Å². The van der Waals surface area contributed by atoms with Crippen LogP contribution in [0, 0.1) is 26.7 Å². The third-order valence-corrected chi connectivity index (χ3v) is 6.48. The van der Waals surface area contributed by atoms with E-state index in [9.17, 15) is 4.79 Å². The molecule has 0 spiro atoms. The number of anilines is 2. The van der Waals surface area contributed by atoms with Gasteiger partial charge >= 0.3 is 0 Å². The zero-order valence-corrected chi connectivity index (χ0v) is 19.1. The summed E-state index contributed by atoms with van der Waals surface area (Å²) in [5.41, 5.74) is 4.43. The number of carbonyl (C=O) groups excluding carboxylic acids is 1. The van der Waals surface area contributed by atoms with E-state index in [4.69, 9.17) is 0 Å². The van der Waals surface area contributed by atoms with E-state index in [0.717, 1.165) is 58.5 Å². The zero-order chi connectivity index (χ0) is 21.8. The minimum absolute atomic E-state index is 0.0154. The summed E-state index contributed by atoms with van der Waals surface area (Å²) in [5, 5.41) is 4.02. The van der Waals surface area contributed by atoms with Crippen molar-refractivity contribution in [3.8, 4) is 0 Å². The lowest BCUT2D eigenvalue weighted by molar-refractivity contribution is -0.120. The fourth-order valence-corrected chi connectivity index (χ4v) is 5.04. The molecule has 1 aliphatic heterocycles. The SMILES string of the molecule is Cc1cc(C)cc(NC(=O)C2CCN(c3nccnc3Sc3cccc(C)c3)CC2)c1. The number of nitrogens with one attached hydrogen (secondary N) is 1. The van der Waals surface area contributed by atoms with Crippen molar-refractivity contribution in [1.29, 1.82) is 0 Å². The Kier molecular flexibility index (Phi) is 6.56. The summed E-state index contributed by atoms with van der Waals surface area (Å²) in [6.45, 7) is 7.79. The van der Waals surface area contributed by atoms with Gasteiger partial charge in [0.15, 0.2) is 5.82 Å². The van der Waals surface area contributed by atoms with Crippen LogP contribution >= 0.6 is 11.8 Å². The van der Waals surface area contributed by atoms with E-state index in [2.05, 4.69) is 57.4 Å². The second kappa shape index (κ2) is 9.52.